The van der Waals surface area contributed by atoms with Gasteiger partial charge in [0.25, 0.3) is 0 Å². The second-order valence-electron chi connectivity index (χ2n) is 8.09. The third kappa shape index (κ3) is 6.66. The first-order valence-corrected chi connectivity index (χ1v) is 10.8. The fraction of sp³-hybridized carbons (Fsp3) is 0.375. The Morgan fingerprint density at radius 2 is 1.79 bits per heavy atom. The van der Waals surface area contributed by atoms with E-state index in [0.717, 1.165) is 5.56 Å². The molecule has 1 atom stereocenters. The highest BCUT2D eigenvalue weighted by molar-refractivity contribution is 5.99. The van der Waals surface area contributed by atoms with Crippen LogP contribution in [0.1, 0.15) is 41.6 Å². The maximum absolute atomic E-state index is 13.7. The molecule has 34 heavy (non-hydrogen) atoms. The number of halogens is 2. The lowest BCUT2D eigenvalue weighted by atomic mass is 9.81. The molecule has 0 saturated heterocycles. The third-order valence-electron chi connectivity index (χ3n) is 5.68. The molecule has 1 aliphatic rings. The van der Waals surface area contributed by atoms with Gasteiger partial charge in [-0.1, -0.05) is 30.3 Å². The van der Waals surface area contributed by atoms with Gasteiger partial charge in [0, 0.05) is 12.8 Å². The van der Waals surface area contributed by atoms with Crippen LogP contribution in [0.15, 0.2) is 48.5 Å². The van der Waals surface area contributed by atoms with Crippen LogP contribution in [-0.2, 0) is 20.9 Å². The number of phenols is 1. The predicted octanol–water partition coefficient (Wildman–Crippen LogP) is 4.24. The van der Waals surface area contributed by atoms with Crippen molar-refractivity contribution in [3.63, 3.8) is 0 Å². The molecule has 0 bridgehead atoms. The number of nitrogens with one attached hydrogen (secondary N) is 2. The number of carbonyl (C=O) groups excluding carboxylic acids is 3. The Balaban J connectivity index is 1.74. The molecule has 0 radical (unpaired) electrons. The molecule has 1 saturated carbocycles. The van der Waals surface area contributed by atoms with Crippen LogP contribution in [0.5, 0.6) is 5.75 Å². The van der Waals surface area contributed by atoms with Gasteiger partial charge in [-0.15, -0.1) is 0 Å². The number of benzene rings is 2. The number of ether oxygens (including phenoxy) is 2. The number of aromatic hydroxyl groups is 1. The monoisotopic (exact) mass is 476 g/mol. The van der Waals surface area contributed by atoms with E-state index in [2.05, 4.69) is 15.4 Å². The molecule has 1 fully saturated rings. The minimum absolute atomic E-state index is 0.0121. The Bertz CT molecular complexity index is 1020. The number of esters is 1. The molecule has 8 nitrogen and oxygen atoms in total. The van der Waals surface area contributed by atoms with E-state index in [1.54, 1.807) is 24.3 Å². The molecule has 0 aromatic heterocycles. The zero-order valence-electron chi connectivity index (χ0n) is 18.6. The topological polar surface area (TPSA) is 114 Å². The normalized spacial score (nSPS) is 16.2. The largest absolute Gasteiger partial charge is 0.506 e. The number of hydrogen-bond donors (Lipinski definition) is 3. The zero-order valence-corrected chi connectivity index (χ0v) is 18.6. The van der Waals surface area contributed by atoms with Crippen LogP contribution in [0.3, 0.4) is 0 Å². The Labute approximate surface area is 195 Å². The standard InChI is InChI=1S/C24H26F2N2O6/c1-33-22(31)17-7-8-19(29)18(13-17)27-21(30)20(16-9-11-24(25,26)12-10-16)28-23(32)34-14-15-5-3-2-4-6-15/h2-8,13,16,20,29H,9-12,14H2,1H3,(H,27,30)(H,28,32). The SMILES string of the molecule is COC(=O)c1ccc(O)c(NC(=O)C(NC(=O)OCc2ccccc2)C2CCC(F)(F)CC2)c1. The summed E-state index contributed by atoms with van der Waals surface area (Å²) < 4.78 is 37.2. The highest BCUT2D eigenvalue weighted by Gasteiger charge is 2.40. The third-order valence-corrected chi connectivity index (χ3v) is 5.68. The van der Waals surface area contributed by atoms with Gasteiger partial charge in [-0.3, -0.25) is 4.79 Å². The van der Waals surface area contributed by atoms with Crippen LogP contribution in [0.2, 0.25) is 0 Å². The Morgan fingerprint density at radius 1 is 1.12 bits per heavy atom. The van der Waals surface area contributed by atoms with Crippen molar-refractivity contribution in [1.82, 2.24) is 5.32 Å². The molecule has 2 aromatic rings. The van der Waals surface area contributed by atoms with Crippen LogP contribution in [0.4, 0.5) is 19.3 Å². The van der Waals surface area contributed by atoms with Crippen molar-refractivity contribution in [3.05, 3.63) is 59.7 Å². The molecule has 10 heteroatoms. The second-order valence-corrected chi connectivity index (χ2v) is 8.09. The quantitative estimate of drug-likeness (QED) is 0.407. The van der Waals surface area contributed by atoms with Crippen LogP contribution in [-0.4, -0.2) is 42.2 Å². The first kappa shape index (κ1) is 24.9. The summed E-state index contributed by atoms with van der Waals surface area (Å²) in [5, 5.41) is 15.1. The summed E-state index contributed by atoms with van der Waals surface area (Å²) in [6, 6.07) is 11.5. The van der Waals surface area contributed by atoms with Crippen molar-refractivity contribution >= 4 is 23.7 Å². The van der Waals surface area contributed by atoms with Crippen LogP contribution >= 0.6 is 0 Å². The minimum atomic E-state index is -2.82. The number of rotatable bonds is 7. The van der Waals surface area contributed by atoms with E-state index >= 15 is 0 Å². The Kier molecular flexibility index (Phi) is 8.04. The van der Waals surface area contributed by atoms with Gasteiger partial charge < -0.3 is 25.2 Å². The summed E-state index contributed by atoms with van der Waals surface area (Å²) in [5.74, 6) is -5.12. The summed E-state index contributed by atoms with van der Waals surface area (Å²) in [5.41, 5.74) is 0.735. The number of amides is 2. The molecule has 1 unspecified atom stereocenters. The molecule has 182 valence electrons. The Morgan fingerprint density at radius 3 is 2.44 bits per heavy atom. The zero-order chi connectivity index (χ0) is 24.7. The van der Waals surface area contributed by atoms with Gasteiger partial charge in [0.05, 0.1) is 18.4 Å². The Hall–Kier alpha value is -3.69. The number of alkyl carbamates (subject to hydrolysis) is 1. The molecule has 2 amide bonds. The van der Waals surface area contributed by atoms with Crippen molar-refractivity contribution in [2.45, 2.75) is 44.3 Å². The molecular weight excluding hydrogens is 450 g/mol. The average Bonchev–Trinajstić information content (AvgIpc) is 2.83. The summed E-state index contributed by atoms with van der Waals surface area (Å²) in [7, 11) is 1.19. The summed E-state index contributed by atoms with van der Waals surface area (Å²) in [4.78, 5) is 37.3. The van der Waals surface area contributed by atoms with Crippen LogP contribution in [0.25, 0.3) is 0 Å². The van der Waals surface area contributed by atoms with E-state index in [1.807, 2.05) is 6.07 Å². The fourth-order valence-electron chi connectivity index (χ4n) is 3.78. The van der Waals surface area contributed by atoms with E-state index in [0.29, 0.717) is 0 Å². The van der Waals surface area contributed by atoms with Crippen LogP contribution < -0.4 is 10.6 Å². The van der Waals surface area contributed by atoms with E-state index < -0.39 is 48.7 Å². The lowest BCUT2D eigenvalue weighted by Crippen LogP contribution is -2.50. The number of phenolic OH excluding ortho intramolecular Hbond substituents is 1. The van der Waals surface area contributed by atoms with Crippen molar-refractivity contribution in [1.29, 1.82) is 0 Å². The van der Waals surface area contributed by atoms with E-state index in [9.17, 15) is 28.3 Å². The molecule has 0 heterocycles. The number of alkyl halides is 2. The predicted molar refractivity (Wildman–Crippen MR) is 119 cm³/mol. The van der Waals surface area contributed by atoms with Crippen molar-refractivity contribution in [2.75, 3.05) is 12.4 Å². The number of methoxy groups -OCH3 is 1. The molecule has 0 aliphatic heterocycles. The molecule has 3 rings (SSSR count). The maximum atomic E-state index is 13.7. The van der Waals surface area contributed by atoms with Gasteiger partial charge in [0.2, 0.25) is 11.8 Å². The van der Waals surface area contributed by atoms with E-state index in [-0.39, 0.29) is 36.4 Å². The lowest BCUT2D eigenvalue weighted by molar-refractivity contribution is -0.121. The summed E-state index contributed by atoms with van der Waals surface area (Å²) in [6.07, 6.45) is -1.68. The van der Waals surface area contributed by atoms with Crippen molar-refractivity contribution in [3.8, 4) is 5.75 Å². The number of anilines is 1. The first-order valence-electron chi connectivity index (χ1n) is 10.8. The lowest BCUT2D eigenvalue weighted by Gasteiger charge is -2.33. The van der Waals surface area contributed by atoms with Gasteiger partial charge in [-0.05, 0) is 42.5 Å². The molecule has 3 N–H and O–H groups in total. The smallest absolute Gasteiger partial charge is 0.408 e. The van der Waals surface area contributed by atoms with Crippen molar-refractivity contribution in [2.24, 2.45) is 5.92 Å². The summed E-state index contributed by atoms with van der Waals surface area (Å²) >= 11 is 0. The van der Waals surface area contributed by atoms with Gasteiger partial charge in [-0.25, -0.2) is 18.4 Å². The van der Waals surface area contributed by atoms with Gasteiger partial charge in [0.15, 0.2) is 0 Å². The summed E-state index contributed by atoms with van der Waals surface area (Å²) in [6.45, 7) is -0.0360. The van der Waals surface area contributed by atoms with Gasteiger partial charge in [0.1, 0.15) is 18.4 Å². The number of carbonyl (C=O) groups is 3. The highest BCUT2D eigenvalue weighted by atomic mass is 19.3. The molecule has 0 spiro atoms. The maximum Gasteiger partial charge on any atom is 0.408 e. The van der Waals surface area contributed by atoms with Gasteiger partial charge in [-0.2, -0.15) is 0 Å². The molecule has 2 aromatic carbocycles. The molecule has 1 aliphatic carbocycles. The fourth-order valence-corrected chi connectivity index (χ4v) is 3.78. The van der Waals surface area contributed by atoms with E-state index in [4.69, 9.17) is 4.74 Å². The first-order chi connectivity index (χ1) is 16.2. The molecular formula is C24H26F2N2O6. The van der Waals surface area contributed by atoms with E-state index in [1.165, 1.54) is 25.3 Å². The minimum Gasteiger partial charge on any atom is -0.506 e. The highest BCUT2D eigenvalue weighted by Crippen LogP contribution is 2.38. The van der Waals surface area contributed by atoms with Gasteiger partial charge >= 0.3 is 12.1 Å². The second kappa shape index (κ2) is 11.0. The van der Waals surface area contributed by atoms with Crippen molar-refractivity contribution < 1.29 is 37.7 Å². The number of hydrogen-bond acceptors (Lipinski definition) is 6. The average molecular weight is 476 g/mol. The van der Waals surface area contributed by atoms with Crippen LogP contribution in [0, 0.1) is 5.92 Å².